The van der Waals surface area contributed by atoms with Crippen LogP contribution in [0.1, 0.15) is 40.5 Å². The molecule has 2 fully saturated rings. The number of alkyl carbamates (subject to hydrolysis) is 1. The molecule has 0 bridgehead atoms. The minimum Gasteiger partial charge on any atom is -0.444 e. The fraction of sp³-hybridized carbons (Fsp3) is 0.542. The van der Waals surface area contributed by atoms with Gasteiger partial charge in [-0.15, -0.1) is 0 Å². The van der Waals surface area contributed by atoms with Crippen molar-refractivity contribution in [3.05, 3.63) is 35.6 Å². The zero-order valence-corrected chi connectivity index (χ0v) is 21.6. The van der Waals surface area contributed by atoms with E-state index < -0.39 is 11.7 Å². The minimum atomic E-state index is -0.537. The Morgan fingerprint density at radius 2 is 2.03 bits per heavy atom. The maximum atomic E-state index is 12.4. The van der Waals surface area contributed by atoms with E-state index in [9.17, 15) is 4.79 Å². The second kappa shape index (κ2) is 9.79. The molecule has 3 heterocycles. The SMILES string of the molecule is C[C@@H]1OCC2(CCN(c3cnc(Sc4cccc(N)c4Cl)cn3)CC2)[C@@H]1NC(=O)OC(C)(C)C. The molecule has 0 saturated carbocycles. The van der Waals surface area contributed by atoms with Crippen molar-refractivity contribution in [3.63, 3.8) is 0 Å². The molecule has 184 valence electrons. The second-order valence-electron chi connectivity index (χ2n) is 9.96. The van der Waals surface area contributed by atoms with Crippen LogP contribution in [-0.4, -0.2) is 53.5 Å². The average molecular weight is 506 g/mol. The van der Waals surface area contributed by atoms with Gasteiger partial charge in [-0.2, -0.15) is 0 Å². The number of hydrogen-bond donors (Lipinski definition) is 2. The van der Waals surface area contributed by atoms with Gasteiger partial charge in [0, 0.05) is 23.4 Å². The molecule has 1 spiro atoms. The first kappa shape index (κ1) is 24.9. The molecule has 0 unspecified atom stereocenters. The second-order valence-corrected chi connectivity index (χ2v) is 11.4. The zero-order chi connectivity index (χ0) is 24.5. The van der Waals surface area contributed by atoms with Crippen molar-refractivity contribution in [1.82, 2.24) is 15.3 Å². The van der Waals surface area contributed by atoms with Crippen LogP contribution in [-0.2, 0) is 9.47 Å². The highest BCUT2D eigenvalue weighted by Crippen LogP contribution is 2.43. The number of nitrogens with two attached hydrogens (primary N) is 1. The van der Waals surface area contributed by atoms with Gasteiger partial charge in [-0.3, -0.25) is 0 Å². The quantitative estimate of drug-likeness (QED) is 0.573. The third kappa shape index (κ3) is 5.53. The Morgan fingerprint density at radius 3 is 2.68 bits per heavy atom. The Bertz CT molecular complexity index is 1020. The lowest BCUT2D eigenvalue weighted by molar-refractivity contribution is 0.0434. The minimum absolute atomic E-state index is 0.0611. The molecule has 8 nitrogen and oxygen atoms in total. The van der Waals surface area contributed by atoms with Crippen LogP contribution >= 0.6 is 23.4 Å². The smallest absolute Gasteiger partial charge is 0.407 e. The summed E-state index contributed by atoms with van der Waals surface area (Å²) < 4.78 is 11.5. The number of anilines is 2. The number of ether oxygens (including phenoxy) is 2. The fourth-order valence-corrected chi connectivity index (χ4v) is 5.60. The summed E-state index contributed by atoms with van der Waals surface area (Å²) in [5.41, 5.74) is 5.79. The van der Waals surface area contributed by atoms with Crippen molar-refractivity contribution in [2.24, 2.45) is 5.41 Å². The Labute approximate surface area is 209 Å². The first-order chi connectivity index (χ1) is 16.1. The van der Waals surface area contributed by atoms with Crippen LogP contribution in [0.5, 0.6) is 0 Å². The molecule has 2 atom stereocenters. The van der Waals surface area contributed by atoms with Crippen LogP contribution in [0.4, 0.5) is 16.3 Å². The molecule has 34 heavy (non-hydrogen) atoms. The first-order valence-corrected chi connectivity index (χ1v) is 12.7. The lowest BCUT2D eigenvalue weighted by Gasteiger charge is -2.42. The Morgan fingerprint density at radius 1 is 1.29 bits per heavy atom. The van der Waals surface area contributed by atoms with E-state index in [0.717, 1.165) is 41.7 Å². The van der Waals surface area contributed by atoms with E-state index in [-0.39, 0.29) is 17.6 Å². The van der Waals surface area contributed by atoms with E-state index >= 15 is 0 Å². The molecule has 2 aliphatic heterocycles. The van der Waals surface area contributed by atoms with E-state index in [2.05, 4.69) is 20.2 Å². The summed E-state index contributed by atoms with van der Waals surface area (Å²) in [6.07, 6.45) is 4.87. The topological polar surface area (TPSA) is 103 Å². The summed E-state index contributed by atoms with van der Waals surface area (Å²) in [6, 6.07) is 5.47. The third-order valence-electron chi connectivity index (χ3n) is 6.34. The van der Waals surface area contributed by atoms with Crippen LogP contribution in [0.25, 0.3) is 0 Å². The standard InChI is InChI=1S/C24H32ClN5O3S/c1-15-21(29-22(31)33-23(2,3)4)24(14-32-15)8-10-30(11-9-24)18-12-28-19(13-27-18)34-17-7-5-6-16(26)20(17)25/h5-7,12-13,15,21H,8-11,14,26H2,1-4H3,(H,29,31)/t15-,21+/m0/s1. The largest absolute Gasteiger partial charge is 0.444 e. The number of nitrogens with one attached hydrogen (secondary N) is 1. The Hall–Kier alpha value is -2.23. The summed E-state index contributed by atoms with van der Waals surface area (Å²) in [4.78, 5) is 24.7. The molecule has 1 amide bonds. The van der Waals surface area contributed by atoms with Crippen LogP contribution in [0.2, 0.25) is 5.02 Å². The summed E-state index contributed by atoms with van der Waals surface area (Å²) in [5.74, 6) is 0.835. The third-order valence-corrected chi connectivity index (χ3v) is 7.85. The highest BCUT2D eigenvalue weighted by Gasteiger charge is 2.50. The molecule has 2 aliphatic rings. The summed E-state index contributed by atoms with van der Waals surface area (Å²) in [6.45, 7) is 9.86. The predicted molar refractivity (Wildman–Crippen MR) is 134 cm³/mol. The monoisotopic (exact) mass is 505 g/mol. The number of nitrogen functional groups attached to an aromatic ring is 1. The molecule has 1 aromatic carbocycles. The number of benzene rings is 1. The number of aromatic nitrogens is 2. The predicted octanol–water partition coefficient (Wildman–Crippen LogP) is 4.76. The molecule has 10 heteroatoms. The van der Waals surface area contributed by atoms with Gasteiger partial charge in [0.15, 0.2) is 0 Å². The molecule has 2 saturated heterocycles. The maximum Gasteiger partial charge on any atom is 0.407 e. The van der Waals surface area contributed by atoms with Gasteiger partial charge >= 0.3 is 6.09 Å². The number of piperidine rings is 1. The van der Waals surface area contributed by atoms with Gasteiger partial charge in [-0.1, -0.05) is 29.4 Å². The van der Waals surface area contributed by atoms with E-state index in [0.29, 0.717) is 17.3 Å². The number of amides is 1. The number of halogens is 1. The van der Waals surface area contributed by atoms with E-state index in [1.807, 2.05) is 39.8 Å². The average Bonchev–Trinajstić information content (AvgIpc) is 3.06. The van der Waals surface area contributed by atoms with Gasteiger partial charge in [-0.05, 0) is 52.7 Å². The number of hydrogen-bond acceptors (Lipinski definition) is 8. The zero-order valence-electron chi connectivity index (χ0n) is 20.0. The first-order valence-electron chi connectivity index (χ1n) is 11.5. The summed E-state index contributed by atoms with van der Waals surface area (Å²) >= 11 is 7.73. The van der Waals surface area contributed by atoms with Gasteiger partial charge in [0.1, 0.15) is 16.4 Å². The lowest BCUT2D eigenvalue weighted by Crippen LogP contribution is -2.55. The highest BCUT2D eigenvalue weighted by molar-refractivity contribution is 7.99. The van der Waals surface area contributed by atoms with Gasteiger partial charge in [0.2, 0.25) is 0 Å². The van der Waals surface area contributed by atoms with Crippen LogP contribution in [0, 0.1) is 5.41 Å². The molecule has 4 rings (SSSR count). The number of carbonyl (C=O) groups is 1. The van der Waals surface area contributed by atoms with Crippen LogP contribution in [0.3, 0.4) is 0 Å². The molecular weight excluding hydrogens is 474 g/mol. The molecule has 1 aromatic heterocycles. The van der Waals surface area contributed by atoms with E-state index in [1.165, 1.54) is 11.8 Å². The van der Waals surface area contributed by atoms with Gasteiger partial charge in [0.25, 0.3) is 0 Å². The molecule has 0 aliphatic carbocycles. The summed E-state index contributed by atoms with van der Waals surface area (Å²) in [5, 5.41) is 4.37. The van der Waals surface area contributed by atoms with Crippen molar-refractivity contribution in [2.75, 3.05) is 30.3 Å². The van der Waals surface area contributed by atoms with Crippen molar-refractivity contribution >= 4 is 41.0 Å². The van der Waals surface area contributed by atoms with E-state index in [4.69, 9.17) is 26.8 Å². The van der Waals surface area contributed by atoms with Crippen molar-refractivity contribution in [3.8, 4) is 0 Å². The lowest BCUT2D eigenvalue weighted by atomic mass is 9.73. The Balaban J connectivity index is 1.38. The Kier molecular flexibility index (Phi) is 7.17. The van der Waals surface area contributed by atoms with Crippen molar-refractivity contribution < 1.29 is 14.3 Å². The highest BCUT2D eigenvalue weighted by atomic mass is 35.5. The molecular formula is C24H32ClN5O3S. The maximum absolute atomic E-state index is 12.4. The number of carbonyl (C=O) groups excluding carboxylic acids is 1. The van der Waals surface area contributed by atoms with Crippen LogP contribution in [0.15, 0.2) is 40.5 Å². The van der Waals surface area contributed by atoms with Crippen LogP contribution < -0.4 is 16.0 Å². The number of nitrogens with zero attached hydrogens (tertiary/aromatic N) is 3. The van der Waals surface area contributed by atoms with Crippen molar-refractivity contribution in [1.29, 1.82) is 0 Å². The normalized spacial score (nSPS) is 22.1. The van der Waals surface area contributed by atoms with Gasteiger partial charge in [-0.25, -0.2) is 14.8 Å². The molecule has 0 radical (unpaired) electrons. The van der Waals surface area contributed by atoms with Gasteiger partial charge in [0.05, 0.1) is 41.9 Å². The number of rotatable bonds is 4. The summed E-state index contributed by atoms with van der Waals surface area (Å²) in [7, 11) is 0. The molecule has 3 N–H and O–H groups in total. The fourth-order valence-electron chi connectivity index (χ4n) is 4.57. The van der Waals surface area contributed by atoms with Gasteiger partial charge < -0.3 is 25.4 Å². The van der Waals surface area contributed by atoms with E-state index in [1.54, 1.807) is 18.5 Å². The molecule has 2 aromatic rings. The van der Waals surface area contributed by atoms with Crippen molar-refractivity contribution in [2.45, 2.75) is 68.2 Å².